The number of aliphatic hydroxyl groups excluding tert-OH is 9. The second-order valence-electron chi connectivity index (χ2n) is 23.3. The van der Waals surface area contributed by atoms with Crippen LogP contribution in [0.4, 0.5) is 0 Å². The molecule has 494 valence electrons. The molecule has 32 unspecified atom stereocenters. The number of aliphatic imine (C=N–C) groups is 1. The highest BCUT2D eigenvalue weighted by Crippen LogP contribution is 2.45. The molecule has 2 saturated carbocycles. The molecule has 2 aliphatic carbocycles. The normalized spacial score (nSPS) is 47.9. The number of nitrogens with zero attached hydrogens (tertiary/aromatic N) is 1. The highest BCUT2D eigenvalue weighted by Gasteiger charge is 2.57. The van der Waals surface area contributed by atoms with Crippen LogP contribution in [0.5, 0.6) is 0 Å². The summed E-state index contributed by atoms with van der Waals surface area (Å²) in [5.74, 6) is 2.19. The number of ether oxygens (including phenoxy) is 11. The topological polar surface area (TPSA) is 530 Å². The SMILES string of the molecule is NCC1OC(OC2C(N)CC3CC4C(OC(CSCCOCCSSCCOCCSCC5OC(OC6C(O)C(N)CC(N)C6C=NC6COC(CN)C(O)C6O)C(O)C5OC5OC(CN)C(O)C(O)C5N)C(O)C4N)OC3C2O)C(N)CC1O. The maximum atomic E-state index is 11.8. The molecule has 8 fully saturated rings. The fourth-order valence-electron chi connectivity index (χ4n) is 12.4. The van der Waals surface area contributed by atoms with Crippen molar-refractivity contribution >= 4 is 51.3 Å². The van der Waals surface area contributed by atoms with Crippen LogP contribution in [0.2, 0.25) is 0 Å². The van der Waals surface area contributed by atoms with Crippen LogP contribution in [-0.4, -0.2) is 317 Å². The van der Waals surface area contributed by atoms with Crippen molar-refractivity contribution in [1.82, 2.24) is 0 Å². The predicted molar refractivity (Wildman–Crippen MR) is 315 cm³/mol. The number of nitrogens with two attached hydrogens (primary N) is 9. The molecule has 0 aromatic rings. The van der Waals surface area contributed by atoms with Crippen molar-refractivity contribution in [1.29, 1.82) is 0 Å². The van der Waals surface area contributed by atoms with E-state index >= 15 is 0 Å². The van der Waals surface area contributed by atoms with Gasteiger partial charge >= 0.3 is 0 Å². The van der Waals surface area contributed by atoms with Crippen LogP contribution >= 0.6 is 45.1 Å². The quantitative estimate of drug-likeness (QED) is 0.0196. The fourth-order valence-corrected chi connectivity index (χ4v) is 15.9. The third kappa shape index (κ3) is 17.6. The van der Waals surface area contributed by atoms with Crippen LogP contribution in [-0.2, 0) is 52.1 Å². The highest BCUT2D eigenvalue weighted by molar-refractivity contribution is 8.76. The Morgan fingerprint density at radius 1 is 0.471 bits per heavy atom. The molecule has 0 aromatic heterocycles. The van der Waals surface area contributed by atoms with Crippen LogP contribution in [0.3, 0.4) is 0 Å². The van der Waals surface area contributed by atoms with Crippen LogP contribution in [0, 0.1) is 17.8 Å². The summed E-state index contributed by atoms with van der Waals surface area (Å²) in [6.45, 7) is 1.83. The Balaban J connectivity index is 0.714. The Kier molecular flexibility index (Phi) is 28.0. The lowest BCUT2D eigenvalue weighted by molar-refractivity contribution is -0.328. The minimum atomic E-state index is -1.50. The second-order valence-corrected chi connectivity index (χ2v) is 28.3. The molecule has 34 heteroatoms. The molecule has 0 amide bonds. The number of thioether (sulfide) groups is 2. The van der Waals surface area contributed by atoms with Gasteiger partial charge in [-0.05, 0) is 31.6 Å². The Bertz CT molecular complexity index is 2020. The smallest absolute Gasteiger partial charge is 0.187 e. The van der Waals surface area contributed by atoms with Gasteiger partial charge < -0.3 is 150 Å². The summed E-state index contributed by atoms with van der Waals surface area (Å²) in [6.07, 6.45) is -20.2. The van der Waals surface area contributed by atoms with Crippen LogP contribution in [0.15, 0.2) is 4.99 Å². The van der Waals surface area contributed by atoms with Crippen molar-refractivity contribution in [3.05, 3.63) is 0 Å². The predicted octanol–water partition coefficient (Wildman–Crippen LogP) is -8.32. The van der Waals surface area contributed by atoms with E-state index < -0.39 is 183 Å². The van der Waals surface area contributed by atoms with Gasteiger partial charge in [0.25, 0.3) is 0 Å². The zero-order valence-corrected chi connectivity index (χ0v) is 50.8. The molecule has 0 radical (unpaired) electrons. The minimum Gasteiger partial charge on any atom is -0.390 e. The van der Waals surface area contributed by atoms with E-state index in [-0.39, 0.29) is 56.7 Å². The summed E-state index contributed by atoms with van der Waals surface area (Å²) >= 11 is 3.04. The molecule has 6 aliphatic heterocycles. The van der Waals surface area contributed by atoms with Gasteiger partial charge in [0.05, 0.1) is 100 Å². The number of aliphatic hydroxyl groups is 9. The fraction of sp³-hybridized carbons (Fsp3) is 0.980. The summed E-state index contributed by atoms with van der Waals surface area (Å²) in [6, 6.07) is -5.38. The first-order valence-electron chi connectivity index (χ1n) is 29.5. The summed E-state index contributed by atoms with van der Waals surface area (Å²) in [5, 5.41) is 98.6. The molecule has 0 bridgehead atoms. The van der Waals surface area contributed by atoms with Gasteiger partial charge in [0, 0.05) is 96.4 Å². The van der Waals surface area contributed by atoms with E-state index in [1.165, 1.54) is 18.0 Å². The van der Waals surface area contributed by atoms with Gasteiger partial charge in [0.2, 0.25) is 0 Å². The lowest BCUT2D eigenvalue weighted by Gasteiger charge is -2.54. The van der Waals surface area contributed by atoms with E-state index in [0.29, 0.717) is 56.5 Å². The van der Waals surface area contributed by atoms with Gasteiger partial charge in [-0.25, -0.2) is 0 Å². The third-order valence-corrected chi connectivity index (χ3v) is 21.8. The van der Waals surface area contributed by atoms with Gasteiger partial charge in [-0.2, -0.15) is 23.5 Å². The van der Waals surface area contributed by atoms with Crippen LogP contribution in [0.25, 0.3) is 0 Å². The Morgan fingerprint density at radius 2 is 1.07 bits per heavy atom. The molecule has 0 spiro atoms. The zero-order chi connectivity index (χ0) is 61.2. The second kappa shape index (κ2) is 33.7. The van der Waals surface area contributed by atoms with Crippen molar-refractivity contribution in [2.24, 2.45) is 74.3 Å². The molecule has 6 heterocycles. The summed E-state index contributed by atoms with van der Waals surface area (Å²) < 4.78 is 66.8. The summed E-state index contributed by atoms with van der Waals surface area (Å²) in [4.78, 5) is 4.48. The van der Waals surface area contributed by atoms with Crippen molar-refractivity contribution in [2.75, 3.05) is 87.2 Å². The molecule has 30 nitrogen and oxygen atoms in total. The maximum absolute atomic E-state index is 11.8. The van der Waals surface area contributed by atoms with Crippen molar-refractivity contribution in [3.63, 3.8) is 0 Å². The molecular formula is C51H96N10O20S4. The van der Waals surface area contributed by atoms with Crippen LogP contribution in [0.1, 0.15) is 25.7 Å². The maximum Gasteiger partial charge on any atom is 0.187 e. The third-order valence-electron chi connectivity index (χ3n) is 17.4. The monoisotopic (exact) mass is 1300 g/mol. The van der Waals surface area contributed by atoms with Crippen molar-refractivity contribution in [2.45, 2.75) is 203 Å². The number of hydrogen-bond donors (Lipinski definition) is 18. The summed E-state index contributed by atoms with van der Waals surface area (Å²) in [7, 11) is 3.33. The molecule has 27 N–H and O–H groups in total. The molecule has 32 atom stereocenters. The van der Waals surface area contributed by atoms with Crippen LogP contribution < -0.4 is 51.6 Å². The molecule has 0 aromatic carbocycles. The van der Waals surface area contributed by atoms with Crippen molar-refractivity contribution in [3.8, 4) is 0 Å². The molecule has 85 heavy (non-hydrogen) atoms. The number of fused-ring (bicyclic) bond motifs is 2. The van der Waals surface area contributed by atoms with E-state index in [0.717, 1.165) is 11.5 Å². The lowest BCUT2D eigenvalue weighted by Crippen LogP contribution is -2.68. The first-order chi connectivity index (χ1) is 40.8. The Morgan fingerprint density at radius 3 is 1.74 bits per heavy atom. The highest BCUT2D eigenvalue weighted by atomic mass is 33.1. The largest absolute Gasteiger partial charge is 0.390 e. The van der Waals surface area contributed by atoms with E-state index in [1.807, 2.05) is 0 Å². The Labute approximate surface area is 511 Å². The van der Waals surface area contributed by atoms with Gasteiger partial charge in [-0.1, -0.05) is 21.6 Å². The van der Waals surface area contributed by atoms with Gasteiger partial charge in [0.1, 0.15) is 61.0 Å². The summed E-state index contributed by atoms with van der Waals surface area (Å²) in [5.41, 5.74) is 55.8. The van der Waals surface area contributed by atoms with Crippen molar-refractivity contribution < 1.29 is 98.1 Å². The van der Waals surface area contributed by atoms with E-state index in [1.54, 1.807) is 33.3 Å². The molecule has 8 rings (SSSR count). The average Bonchev–Trinajstić information content (AvgIpc) is 3.48. The Hall–Kier alpha value is -0.0900. The van der Waals surface area contributed by atoms with Gasteiger partial charge in [-0.15, -0.1) is 0 Å². The number of hydrogen-bond acceptors (Lipinski definition) is 34. The molecule has 8 aliphatic rings. The first-order valence-corrected chi connectivity index (χ1v) is 34.3. The minimum absolute atomic E-state index is 0.000668. The first kappa shape index (κ1) is 70.8. The van der Waals surface area contributed by atoms with E-state index in [2.05, 4.69) is 4.99 Å². The van der Waals surface area contributed by atoms with E-state index in [4.69, 9.17) is 104 Å². The molecule has 6 saturated heterocycles. The zero-order valence-electron chi connectivity index (χ0n) is 47.6. The number of rotatable bonds is 28. The lowest BCUT2D eigenvalue weighted by atomic mass is 9.71. The van der Waals surface area contributed by atoms with Gasteiger partial charge in [0.15, 0.2) is 25.2 Å². The van der Waals surface area contributed by atoms with E-state index in [9.17, 15) is 46.0 Å². The van der Waals surface area contributed by atoms with Gasteiger partial charge in [-0.3, -0.25) is 4.99 Å². The molecular weight excluding hydrogens is 1200 g/mol. The standard InChI is InChI=1S/C51H96N10O20S4/c52-13-29-28(62)12-26(58)49(74-29)80-46-25(57)10-20-9-21-34(59)38(65)32(76-48(21)78-44(20)42(46)69)18-82-5-1-71-3-7-84-85-8-4-72-2-6-83-19-33-47(81-50-35(60)41(68)40(67)31(15-54)75-50)43(70)51(77-33)79-45-22(23(55)11-24(56)36(45)63)16-61-27-17-73-30(14-53)39(66)37(27)64/h16,20-51,62-70H,1-15,17-19,52-60H2. The average molecular weight is 1300 g/mol.